The maximum Gasteiger partial charge on any atom is 0.347 e. The van der Waals surface area contributed by atoms with Gasteiger partial charge in [-0.3, -0.25) is 4.79 Å². The van der Waals surface area contributed by atoms with E-state index in [1.54, 1.807) is 36.4 Å². The van der Waals surface area contributed by atoms with E-state index >= 15 is 0 Å². The van der Waals surface area contributed by atoms with Gasteiger partial charge in [0.15, 0.2) is 5.78 Å². The molecule has 0 N–H and O–H groups in total. The summed E-state index contributed by atoms with van der Waals surface area (Å²) in [5, 5.41) is 0.677. The molecule has 0 aliphatic rings. The zero-order valence-electron chi connectivity index (χ0n) is 12.3. The Bertz CT molecular complexity index is 905. The molecule has 22 heavy (non-hydrogen) atoms. The van der Waals surface area contributed by atoms with E-state index in [0.717, 1.165) is 5.56 Å². The molecule has 0 bridgehead atoms. The van der Waals surface area contributed by atoms with Crippen LogP contribution in [0.1, 0.15) is 21.5 Å². The predicted molar refractivity (Wildman–Crippen MR) is 83.6 cm³/mol. The Hall–Kier alpha value is -2.88. The van der Waals surface area contributed by atoms with Crippen LogP contribution < -0.4 is 10.4 Å². The molecule has 1 heterocycles. The van der Waals surface area contributed by atoms with Crippen molar-refractivity contribution in [3.05, 3.63) is 75.6 Å². The Labute approximate surface area is 127 Å². The number of fused-ring (bicyclic) bond motifs is 1. The second kappa shape index (κ2) is 5.48. The number of benzene rings is 2. The molecule has 0 aliphatic heterocycles. The molecule has 0 atom stereocenters. The van der Waals surface area contributed by atoms with Crippen LogP contribution in [0.4, 0.5) is 0 Å². The summed E-state index contributed by atoms with van der Waals surface area (Å²) < 4.78 is 10.3. The van der Waals surface area contributed by atoms with Crippen LogP contribution in [0.3, 0.4) is 0 Å². The Morgan fingerprint density at radius 1 is 1.05 bits per heavy atom. The summed E-state index contributed by atoms with van der Waals surface area (Å²) in [5.41, 5.74) is 1.29. The van der Waals surface area contributed by atoms with Crippen LogP contribution in [-0.2, 0) is 0 Å². The monoisotopic (exact) mass is 294 g/mol. The first-order valence-electron chi connectivity index (χ1n) is 6.82. The maximum absolute atomic E-state index is 12.5. The normalized spacial score (nSPS) is 10.6. The molecule has 4 heteroatoms. The molecule has 0 radical (unpaired) electrons. The molecule has 0 saturated heterocycles. The Kier molecular flexibility index (Phi) is 3.51. The number of hydrogen-bond donors (Lipinski definition) is 0. The summed E-state index contributed by atoms with van der Waals surface area (Å²) in [4.78, 5) is 24.5. The third kappa shape index (κ3) is 2.51. The Morgan fingerprint density at radius 3 is 2.45 bits per heavy atom. The first-order chi connectivity index (χ1) is 10.6. The van der Waals surface area contributed by atoms with E-state index in [1.807, 2.05) is 19.1 Å². The summed E-state index contributed by atoms with van der Waals surface area (Å²) in [6.45, 7) is 1.94. The molecule has 0 unspecified atom stereocenters. The first kappa shape index (κ1) is 14.1. The van der Waals surface area contributed by atoms with Crippen LogP contribution >= 0.6 is 0 Å². The van der Waals surface area contributed by atoms with Crippen molar-refractivity contribution in [1.29, 1.82) is 0 Å². The summed E-state index contributed by atoms with van der Waals surface area (Å²) in [5.74, 6) is 0.250. The minimum absolute atomic E-state index is 0.0292. The molecule has 3 aromatic rings. The third-order valence-electron chi connectivity index (χ3n) is 3.50. The van der Waals surface area contributed by atoms with Crippen LogP contribution in [0.2, 0.25) is 0 Å². The second-order valence-electron chi connectivity index (χ2n) is 5.05. The van der Waals surface area contributed by atoms with Crippen molar-refractivity contribution >= 4 is 16.8 Å². The number of methoxy groups -OCH3 is 1. The van der Waals surface area contributed by atoms with Crippen molar-refractivity contribution in [1.82, 2.24) is 0 Å². The van der Waals surface area contributed by atoms with Crippen molar-refractivity contribution in [2.75, 3.05) is 7.11 Å². The van der Waals surface area contributed by atoms with E-state index in [0.29, 0.717) is 22.3 Å². The van der Waals surface area contributed by atoms with E-state index in [-0.39, 0.29) is 11.3 Å². The Morgan fingerprint density at radius 2 is 1.77 bits per heavy atom. The van der Waals surface area contributed by atoms with E-state index in [2.05, 4.69) is 0 Å². The van der Waals surface area contributed by atoms with Gasteiger partial charge in [-0.2, -0.15) is 0 Å². The van der Waals surface area contributed by atoms with E-state index < -0.39 is 5.63 Å². The van der Waals surface area contributed by atoms with Gasteiger partial charge in [0, 0.05) is 17.0 Å². The van der Waals surface area contributed by atoms with Gasteiger partial charge in [0.05, 0.1) is 7.11 Å². The van der Waals surface area contributed by atoms with Crippen molar-refractivity contribution < 1.29 is 13.9 Å². The van der Waals surface area contributed by atoms with E-state index in [9.17, 15) is 9.59 Å². The van der Waals surface area contributed by atoms with Gasteiger partial charge >= 0.3 is 5.63 Å². The lowest BCUT2D eigenvalue weighted by Crippen LogP contribution is -2.14. The van der Waals surface area contributed by atoms with Crippen molar-refractivity contribution in [3.63, 3.8) is 0 Å². The number of ether oxygens (including phenoxy) is 1. The summed E-state index contributed by atoms with van der Waals surface area (Å²) in [6, 6.07) is 13.8. The molecular weight excluding hydrogens is 280 g/mol. The van der Waals surface area contributed by atoms with Crippen LogP contribution in [0, 0.1) is 6.92 Å². The number of aryl methyl sites for hydroxylation is 1. The van der Waals surface area contributed by atoms with E-state index in [4.69, 9.17) is 9.15 Å². The fourth-order valence-electron chi connectivity index (χ4n) is 2.24. The standard InChI is InChI=1S/C18H14O4/c1-11-3-5-12(6-4-11)17(19)15-9-13-7-8-14(21-2)10-16(13)22-18(15)20/h3-10H,1-2H3. The van der Waals surface area contributed by atoms with Gasteiger partial charge in [-0.1, -0.05) is 29.8 Å². The molecule has 0 saturated carbocycles. The highest BCUT2D eigenvalue weighted by atomic mass is 16.5. The minimum atomic E-state index is -0.647. The van der Waals surface area contributed by atoms with Crippen molar-refractivity contribution in [2.45, 2.75) is 6.92 Å². The minimum Gasteiger partial charge on any atom is -0.497 e. The third-order valence-corrected chi connectivity index (χ3v) is 3.50. The van der Waals surface area contributed by atoms with Crippen LogP contribution in [0.25, 0.3) is 11.0 Å². The molecule has 0 fully saturated rings. The topological polar surface area (TPSA) is 56.5 Å². The number of hydrogen-bond acceptors (Lipinski definition) is 4. The quantitative estimate of drug-likeness (QED) is 0.549. The highest BCUT2D eigenvalue weighted by Crippen LogP contribution is 2.21. The number of carbonyl (C=O) groups excluding carboxylic acids is 1. The van der Waals surface area contributed by atoms with Gasteiger partial charge in [-0.15, -0.1) is 0 Å². The molecule has 1 aromatic heterocycles. The molecular formula is C18H14O4. The number of rotatable bonds is 3. The summed E-state index contributed by atoms with van der Waals surface area (Å²) in [6.07, 6.45) is 0. The summed E-state index contributed by atoms with van der Waals surface area (Å²) >= 11 is 0. The number of ketones is 1. The SMILES string of the molecule is COc1ccc2cc(C(=O)c3ccc(C)cc3)c(=O)oc2c1. The average Bonchev–Trinajstić information content (AvgIpc) is 2.53. The highest BCUT2D eigenvalue weighted by molar-refractivity contribution is 6.09. The van der Waals surface area contributed by atoms with E-state index in [1.165, 1.54) is 7.11 Å². The lowest BCUT2D eigenvalue weighted by atomic mass is 10.0. The molecule has 110 valence electrons. The fourth-order valence-corrected chi connectivity index (χ4v) is 2.24. The van der Waals surface area contributed by atoms with Gasteiger partial charge in [-0.05, 0) is 25.1 Å². The van der Waals surface area contributed by atoms with Gasteiger partial charge in [-0.25, -0.2) is 4.79 Å². The van der Waals surface area contributed by atoms with Crippen molar-refractivity contribution in [2.24, 2.45) is 0 Å². The zero-order valence-corrected chi connectivity index (χ0v) is 12.3. The average molecular weight is 294 g/mol. The number of carbonyl (C=O) groups is 1. The summed E-state index contributed by atoms with van der Waals surface area (Å²) in [7, 11) is 1.54. The molecule has 0 aliphatic carbocycles. The van der Waals surface area contributed by atoms with Crippen LogP contribution in [0.5, 0.6) is 5.75 Å². The lowest BCUT2D eigenvalue weighted by Gasteiger charge is -2.04. The zero-order chi connectivity index (χ0) is 15.7. The Balaban J connectivity index is 2.10. The highest BCUT2D eigenvalue weighted by Gasteiger charge is 2.15. The van der Waals surface area contributed by atoms with Gasteiger partial charge in [0.1, 0.15) is 16.9 Å². The molecule has 4 nitrogen and oxygen atoms in total. The van der Waals surface area contributed by atoms with Crippen molar-refractivity contribution in [3.8, 4) is 5.75 Å². The van der Waals surface area contributed by atoms with Gasteiger partial charge < -0.3 is 9.15 Å². The molecule has 3 rings (SSSR count). The molecule has 0 amide bonds. The molecule has 0 spiro atoms. The van der Waals surface area contributed by atoms with Crippen LogP contribution in [0.15, 0.2) is 57.7 Å². The first-order valence-corrected chi connectivity index (χ1v) is 6.82. The fraction of sp³-hybridized carbons (Fsp3) is 0.111. The molecule has 2 aromatic carbocycles. The van der Waals surface area contributed by atoms with Gasteiger partial charge in [0.2, 0.25) is 0 Å². The smallest absolute Gasteiger partial charge is 0.347 e. The van der Waals surface area contributed by atoms with Crippen LogP contribution in [-0.4, -0.2) is 12.9 Å². The predicted octanol–water partition coefficient (Wildman–Crippen LogP) is 3.34. The lowest BCUT2D eigenvalue weighted by molar-refractivity contribution is 0.103. The second-order valence-corrected chi connectivity index (χ2v) is 5.05. The largest absolute Gasteiger partial charge is 0.497 e. The van der Waals surface area contributed by atoms with Gasteiger partial charge in [0.25, 0.3) is 0 Å². The maximum atomic E-state index is 12.5.